The van der Waals surface area contributed by atoms with Crippen LogP contribution >= 0.6 is 0 Å². The van der Waals surface area contributed by atoms with Gasteiger partial charge in [-0.25, -0.2) is 4.98 Å². The molecule has 0 saturated carbocycles. The molecule has 1 aromatic heterocycles. The van der Waals surface area contributed by atoms with Crippen LogP contribution in [0.5, 0.6) is 11.5 Å². The SMILES string of the molecule is COc1ccc(-c2nc(CN3CCC(C(=O)NCc4ccccc4OC)CC3)c(C)o2)cc1. The summed E-state index contributed by atoms with van der Waals surface area (Å²) < 4.78 is 16.5. The summed E-state index contributed by atoms with van der Waals surface area (Å²) in [5, 5.41) is 3.07. The van der Waals surface area contributed by atoms with Crippen LogP contribution in [0.3, 0.4) is 0 Å². The highest BCUT2D eigenvalue weighted by atomic mass is 16.5. The van der Waals surface area contributed by atoms with E-state index >= 15 is 0 Å². The number of methoxy groups -OCH3 is 2. The lowest BCUT2D eigenvalue weighted by atomic mass is 9.95. The number of nitrogens with zero attached hydrogens (tertiary/aromatic N) is 2. The van der Waals surface area contributed by atoms with Gasteiger partial charge in [-0.15, -0.1) is 0 Å². The molecule has 7 heteroatoms. The van der Waals surface area contributed by atoms with Gasteiger partial charge in [-0.1, -0.05) is 18.2 Å². The Morgan fingerprint density at radius 2 is 1.82 bits per heavy atom. The minimum atomic E-state index is 0.0317. The Hall–Kier alpha value is -3.32. The molecule has 1 aliphatic rings. The summed E-state index contributed by atoms with van der Waals surface area (Å²) in [4.78, 5) is 19.8. The standard InChI is InChI=1S/C26H31N3O4/c1-18-23(28-26(33-18)20-8-10-22(31-2)11-9-20)17-29-14-12-19(13-15-29)25(30)27-16-21-6-4-5-7-24(21)32-3/h4-11,19H,12-17H2,1-3H3,(H,27,30). The van der Waals surface area contributed by atoms with Gasteiger partial charge in [0.25, 0.3) is 0 Å². The number of rotatable bonds is 8. The van der Waals surface area contributed by atoms with E-state index in [1.807, 2.05) is 55.5 Å². The summed E-state index contributed by atoms with van der Waals surface area (Å²) in [6, 6.07) is 15.5. The van der Waals surface area contributed by atoms with E-state index in [2.05, 4.69) is 10.2 Å². The van der Waals surface area contributed by atoms with Crippen LogP contribution in [0.25, 0.3) is 11.5 Å². The lowest BCUT2D eigenvalue weighted by Crippen LogP contribution is -2.40. The number of hydrogen-bond donors (Lipinski definition) is 1. The van der Waals surface area contributed by atoms with Gasteiger partial charge in [-0.05, 0) is 63.2 Å². The van der Waals surface area contributed by atoms with E-state index in [9.17, 15) is 4.79 Å². The number of nitrogens with one attached hydrogen (secondary N) is 1. The summed E-state index contributed by atoms with van der Waals surface area (Å²) in [5.74, 6) is 3.19. The molecule has 0 unspecified atom stereocenters. The fourth-order valence-electron chi connectivity index (χ4n) is 4.17. The average molecular weight is 450 g/mol. The lowest BCUT2D eigenvalue weighted by Gasteiger charge is -2.30. The van der Waals surface area contributed by atoms with E-state index in [4.69, 9.17) is 18.9 Å². The molecule has 2 aromatic carbocycles. The maximum Gasteiger partial charge on any atom is 0.226 e. The zero-order chi connectivity index (χ0) is 23.2. The third kappa shape index (κ3) is 5.54. The van der Waals surface area contributed by atoms with Crippen LogP contribution in [-0.2, 0) is 17.9 Å². The van der Waals surface area contributed by atoms with Crippen molar-refractivity contribution in [3.05, 3.63) is 65.5 Å². The van der Waals surface area contributed by atoms with Crippen LogP contribution in [-0.4, -0.2) is 43.1 Å². The molecule has 0 spiro atoms. The Balaban J connectivity index is 1.28. The number of carbonyl (C=O) groups is 1. The number of aryl methyl sites for hydroxylation is 1. The Kier molecular flexibility index (Phi) is 7.29. The summed E-state index contributed by atoms with van der Waals surface area (Å²) in [6.45, 7) is 4.87. The van der Waals surface area contributed by atoms with Gasteiger partial charge in [0, 0.05) is 30.1 Å². The largest absolute Gasteiger partial charge is 0.497 e. The molecular formula is C26H31N3O4. The monoisotopic (exact) mass is 449 g/mol. The van der Waals surface area contributed by atoms with Crippen molar-refractivity contribution in [2.45, 2.75) is 32.9 Å². The van der Waals surface area contributed by atoms with E-state index < -0.39 is 0 Å². The zero-order valence-corrected chi connectivity index (χ0v) is 19.5. The van der Waals surface area contributed by atoms with E-state index in [1.165, 1.54) is 0 Å². The first-order valence-electron chi connectivity index (χ1n) is 11.3. The maximum absolute atomic E-state index is 12.7. The van der Waals surface area contributed by atoms with Crippen molar-refractivity contribution in [2.24, 2.45) is 5.92 Å². The van der Waals surface area contributed by atoms with Gasteiger partial charge in [0.2, 0.25) is 11.8 Å². The van der Waals surface area contributed by atoms with Crippen LogP contribution in [0.15, 0.2) is 52.9 Å². The third-order valence-corrected chi connectivity index (χ3v) is 6.21. The molecule has 3 aromatic rings. The molecule has 1 saturated heterocycles. The van der Waals surface area contributed by atoms with Crippen molar-refractivity contribution >= 4 is 5.91 Å². The first kappa shape index (κ1) is 22.9. The summed E-state index contributed by atoms with van der Waals surface area (Å²) >= 11 is 0. The van der Waals surface area contributed by atoms with Gasteiger partial charge < -0.3 is 19.2 Å². The number of amides is 1. The van der Waals surface area contributed by atoms with Crippen LogP contribution in [0.2, 0.25) is 0 Å². The normalized spacial score (nSPS) is 14.8. The molecular weight excluding hydrogens is 418 g/mol. The van der Waals surface area contributed by atoms with E-state index in [1.54, 1.807) is 14.2 Å². The molecule has 0 bridgehead atoms. The van der Waals surface area contributed by atoms with Crippen molar-refractivity contribution in [1.29, 1.82) is 0 Å². The Morgan fingerprint density at radius 3 is 2.52 bits per heavy atom. The molecule has 4 rings (SSSR count). The minimum Gasteiger partial charge on any atom is -0.497 e. The number of carbonyl (C=O) groups excluding carboxylic acids is 1. The Morgan fingerprint density at radius 1 is 1.09 bits per heavy atom. The molecule has 0 radical (unpaired) electrons. The maximum atomic E-state index is 12.7. The second kappa shape index (κ2) is 10.5. The van der Waals surface area contributed by atoms with E-state index in [-0.39, 0.29) is 11.8 Å². The quantitative estimate of drug-likeness (QED) is 0.556. The fourth-order valence-corrected chi connectivity index (χ4v) is 4.17. The highest BCUT2D eigenvalue weighted by Gasteiger charge is 2.26. The minimum absolute atomic E-state index is 0.0317. The van der Waals surface area contributed by atoms with Gasteiger partial charge in [0.15, 0.2) is 0 Å². The van der Waals surface area contributed by atoms with Gasteiger partial charge in [-0.3, -0.25) is 9.69 Å². The smallest absolute Gasteiger partial charge is 0.226 e. The second-order valence-electron chi connectivity index (χ2n) is 8.33. The Labute approximate surface area is 194 Å². The number of benzene rings is 2. The van der Waals surface area contributed by atoms with E-state index in [0.29, 0.717) is 12.4 Å². The summed E-state index contributed by atoms with van der Waals surface area (Å²) in [5.41, 5.74) is 2.86. The van der Waals surface area contributed by atoms with Gasteiger partial charge >= 0.3 is 0 Å². The van der Waals surface area contributed by atoms with Crippen LogP contribution in [0.4, 0.5) is 0 Å². The number of para-hydroxylation sites is 1. The molecule has 174 valence electrons. The number of aromatic nitrogens is 1. The third-order valence-electron chi connectivity index (χ3n) is 6.21. The highest BCUT2D eigenvalue weighted by molar-refractivity contribution is 5.78. The number of hydrogen-bond acceptors (Lipinski definition) is 6. The van der Waals surface area contributed by atoms with Crippen molar-refractivity contribution in [2.75, 3.05) is 27.3 Å². The predicted octanol–water partition coefficient (Wildman–Crippen LogP) is 4.20. The molecule has 0 atom stereocenters. The molecule has 7 nitrogen and oxygen atoms in total. The molecule has 33 heavy (non-hydrogen) atoms. The topological polar surface area (TPSA) is 76.8 Å². The second-order valence-corrected chi connectivity index (χ2v) is 8.33. The van der Waals surface area contributed by atoms with Crippen LogP contribution in [0, 0.1) is 12.8 Å². The lowest BCUT2D eigenvalue weighted by molar-refractivity contribution is -0.126. The average Bonchev–Trinajstić information content (AvgIpc) is 3.23. The number of likely N-dealkylation sites (tertiary alicyclic amines) is 1. The summed E-state index contributed by atoms with van der Waals surface area (Å²) in [7, 11) is 3.29. The van der Waals surface area contributed by atoms with Gasteiger partial charge in [0.1, 0.15) is 17.3 Å². The van der Waals surface area contributed by atoms with Crippen LogP contribution < -0.4 is 14.8 Å². The highest BCUT2D eigenvalue weighted by Crippen LogP contribution is 2.26. The first-order chi connectivity index (χ1) is 16.1. The molecule has 2 heterocycles. The Bertz CT molecular complexity index is 1070. The van der Waals surface area contributed by atoms with Crippen molar-refractivity contribution in [3.63, 3.8) is 0 Å². The molecule has 1 amide bonds. The van der Waals surface area contributed by atoms with Crippen molar-refractivity contribution < 1.29 is 18.7 Å². The molecule has 1 N–H and O–H groups in total. The summed E-state index contributed by atoms with van der Waals surface area (Å²) in [6.07, 6.45) is 1.67. The number of ether oxygens (including phenoxy) is 2. The van der Waals surface area contributed by atoms with Crippen LogP contribution in [0.1, 0.15) is 29.9 Å². The predicted molar refractivity (Wildman–Crippen MR) is 126 cm³/mol. The van der Waals surface area contributed by atoms with Crippen molar-refractivity contribution in [3.8, 4) is 23.0 Å². The number of oxazole rings is 1. The van der Waals surface area contributed by atoms with Crippen molar-refractivity contribution in [1.82, 2.24) is 15.2 Å². The molecule has 1 aliphatic heterocycles. The zero-order valence-electron chi connectivity index (χ0n) is 19.5. The fraction of sp³-hybridized carbons (Fsp3) is 0.385. The number of piperidine rings is 1. The van der Waals surface area contributed by atoms with Gasteiger partial charge in [0.05, 0.1) is 19.9 Å². The van der Waals surface area contributed by atoms with Gasteiger partial charge in [-0.2, -0.15) is 0 Å². The molecule has 1 fully saturated rings. The van der Waals surface area contributed by atoms with E-state index in [0.717, 1.165) is 66.6 Å². The first-order valence-corrected chi connectivity index (χ1v) is 11.3. The molecule has 0 aliphatic carbocycles.